The highest BCUT2D eigenvalue weighted by atomic mass is 32.1. The molecule has 0 atom stereocenters. The molecule has 7 nitrogen and oxygen atoms in total. The number of likely N-dealkylation sites (tertiary alicyclic amines) is 1. The number of thiophene rings is 1. The molecule has 1 N–H and O–H groups in total. The van der Waals surface area contributed by atoms with Crippen molar-refractivity contribution in [1.29, 1.82) is 0 Å². The first-order valence-electron chi connectivity index (χ1n) is 10.9. The fraction of sp³-hybridized carbons (Fsp3) is 0.478. The van der Waals surface area contributed by atoms with Crippen molar-refractivity contribution >= 4 is 17.2 Å². The van der Waals surface area contributed by atoms with E-state index >= 15 is 0 Å². The van der Waals surface area contributed by atoms with Crippen molar-refractivity contribution in [3.8, 4) is 11.3 Å². The molecule has 4 heterocycles. The van der Waals surface area contributed by atoms with Crippen LogP contribution in [0.1, 0.15) is 42.9 Å². The summed E-state index contributed by atoms with van der Waals surface area (Å²) in [6, 6.07) is 5.60. The van der Waals surface area contributed by atoms with Crippen LogP contribution >= 0.6 is 11.3 Å². The minimum absolute atomic E-state index is 0.110. The molecular weight excluding hydrogens is 410 g/mol. The van der Waals surface area contributed by atoms with E-state index in [9.17, 15) is 9.59 Å². The number of aromatic amines is 1. The van der Waals surface area contributed by atoms with Crippen LogP contribution in [0.15, 0.2) is 33.8 Å². The number of H-pyrrole nitrogens is 1. The van der Waals surface area contributed by atoms with Gasteiger partial charge in [0.2, 0.25) is 5.91 Å². The smallest absolute Gasteiger partial charge is 0.251 e. The molecule has 0 bridgehead atoms. The van der Waals surface area contributed by atoms with Crippen molar-refractivity contribution in [2.75, 3.05) is 13.1 Å². The lowest BCUT2D eigenvalue weighted by atomic mass is 9.93. The number of carbonyl (C=O) groups is 1. The predicted molar refractivity (Wildman–Crippen MR) is 122 cm³/mol. The number of aromatic nitrogens is 4. The Morgan fingerprint density at radius 2 is 2.06 bits per heavy atom. The van der Waals surface area contributed by atoms with E-state index in [-0.39, 0.29) is 11.5 Å². The van der Waals surface area contributed by atoms with Crippen LogP contribution < -0.4 is 5.56 Å². The Morgan fingerprint density at radius 1 is 1.26 bits per heavy atom. The van der Waals surface area contributed by atoms with Crippen LogP contribution in [0.4, 0.5) is 0 Å². The lowest BCUT2D eigenvalue weighted by Crippen LogP contribution is -2.39. The third-order valence-electron chi connectivity index (χ3n) is 5.92. The molecule has 1 aliphatic rings. The van der Waals surface area contributed by atoms with E-state index in [0.29, 0.717) is 12.3 Å². The average Bonchev–Trinajstić information content (AvgIpc) is 3.38. The van der Waals surface area contributed by atoms with Crippen LogP contribution in [0, 0.1) is 19.8 Å². The summed E-state index contributed by atoms with van der Waals surface area (Å²) >= 11 is 1.60. The molecule has 0 spiro atoms. The molecule has 8 heteroatoms. The number of aryl methyl sites for hydroxylation is 3. The minimum Gasteiger partial charge on any atom is -0.343 e. The highest BCUT2D eigenvalue weighted by Crippen LogP contribution is 2.23. The molecule has 3 aromatic heterocycles. The van der Waals surface area contributed by atoms with Gasteiger partial charge in [-0.3, -0.25) is 14.3 Å². The number of hydrogen-bond donors (Lipinski definition) is 1. The average molecular weight is 440 g/mol. The maximum absolute atomic E-state index is 12.6. The first-order valence-corrected chi connectivity index (χ1v) is 11.8. The van der Waals surface area contributed by atoms with E-state index < -0.39 is 0 Å². The molecule has 164 valence electrons. The standard InChI is InChI=1S/C23H29N5O2S/c1-16-12-17(2)28(26-16)8-3-4-23(30)27-9-5-18(6-10-27)13-21-24-20(14-22(29)25-21)19-7-11-31-15-19/h7,11-12,14-15,18H,3-6,8-10,13H2,1-2H3,(H,24,25,29). The molecule has 1 saturated heterocycles. The van der Waals surface area contributed by atoms with E-state index in [1.807, 2.05) is 40.3 Å². The lowest BCUT2D eigenvalue weighted by Gasteiger charge is -2.32. The van der Waals surface area contributed by atoms with Gasteiger partial charge in [0, 0.05) is 55.2 Å². The second-order valence-electron chi connectivity index (χ2n) is 8.37. The SMILES string of the molecule is Cc1cc(C)n(CCCC(=O)N2CCC(Cc3nc(-c4ccsc4)cc(=O)[nH]3)CC2)n1. The van der Waals surface area contributed by atoms with Gasteiger partial charge in [-0.25, -0.2) is 4.98 Å². The van der Waals surface area contributed by atoms with Crippen molar-refractivity contribution in [3.63, 3.8) is 0 Å². The van der Waals surface area contributed by atoms with E-state index in [0.717, 1.165) is 73.8 Å². The number of nitrogens with zero attached hydrogens (tertiary/aromatic N) is 4. The van der Waals surface area contributed by atoms with Gasteiger partial charge in [0.05, 0.1) is 11.4 Å². The highest BCUT2D eigenvalue weighted by molar-refractivity contribution is 7.08. The quantitative estimate of drug-likeness (QED) is 0.610. The number of rotatable bonds is 7. The van der Waals surface area contributed by atoms with Gasteiger partial charge in [-0.1, -0.05) is 0 Å². The van der Waals surface area contributed by atoms with Gasteiger partial charge in [0.25, 0.3) is 5.56 Å². The van der Waals surface area contributed by atoms with Crippen molar-refractivity contribution in [3.05, 3.63) is 56.5 Å². The van der Waals surface area contributed by atoms with Gasteiger partial charge in [-0.15, -0.1) is 0 Å². The summed E-state index contributed by atoms with van der Waals surface area (Å²) < 4.78 is 1.98. The molecule has 4 rings (SSSR count). The Bertz CT molecular complexity index is 1080. The molecular formula is C23H29N5O2S. The fourth-order valence-corrected chi connectivity index (χ4v) is 4.91. The van der Waals surface area contributed by atoms with E-state index in [4.69, 9.17) is 0 Å². The Hall–Kier alpha value is -2.74. The maximum Gasteiger partial charge on any atom is 0.251 e. The molecule has 0 saturated carbocycles. The minimum atomic E-state index is -0.110. The second kappa shape index (κ2) is 9.60. The number of carbonyl (C=O) groups excluding carboxylic acids is 1. The monoisotopic (exact) mass is 439 g/mol. The van der Waals surface area contributed by atoms with E-state index in [1.165, 1.54) is 0 Å². The molecule has 31 heavy (non-hydrogen) atoms. The van der Waals surface area contributed by atoms with Crippen molar-refractivity contribution in [1.82, 2.24) is 24.6 Å². The Morgan fingerprint density at radius 3 is 2.74 bits per heavy atom. The third-order valence-corrected chi connectivity index (χ3v) is 6.60. The van der Waals surface area contributed by atoms with Crippen molar-refractivity contribution in [2.24, 2.45) is 5.92 Å². The van der Waals surface area contributed by atoms with Crippen LogP contribution in [0.5, 0.6) is 0 Å². The summed E-state index contributed by atoms with van der Waals surface area (Å²) in [5, 5.41) is 8.45. The lowest BCUT2D eigenvalue weighted by molar-refractivity contribution is -0.132. The molecule has 0 unspecified atom stereocenters. The molecule has 1 aliphatic heterocycles. The van der Waals surface area contributed by atoms with Gasteiger partial charge in [-0.05, 0) is 56.5 Å². The van der Waals surface area contributed by atoms with Gasteiger partial charge in [0.1, 0.15) is 5.82 Å². The second-order valence-corrected chi connectivity index (χ2v) is 9.15. The largest absolute Gasteiger partial charge is 0.343 e. The van der Waals surface area contributed by atoms with Crippen LogP contribution in [0.25, 0.3) is 11.3 Å². The zero-order valence-electron chi connectivity index (χ0n) is 18.1. The summed E-state index contributed by atoms with van der Waals surface area (Å²) in [6.45, 7) is 6.37. The molecule has 1 fully saturated rings. The Balaban J connectivity index is 1.25. The fourth-order valence-electron chi connectivity index (χ4n) is 4.26. The summed E-state index contributed by atoms with van der Waals surface area (Å²) in [5.74, 6) is 1.40. The van der Waals surface area contributed by atoms with Crippen molar-refractivity contribution < 1.29 is 4.79 Å². The molecule has 3 aromatic rings. The van der Waals surface area contributed by atoms with Gasteiger partial charge >= 0.3 is 0 Å². The normalized spacial score (nSPS) is 14.8. The molecule has 1 amide bonds. The van der Waals surface area contributed by atoms with Gasteiger partial charge in [0.15, 0.2) is 0 Å². The number of amides is 1. The number of piperidine rings is 1. The first-order chi connectivity index (χ1) is 15.0. The highest BCUT2D eigenvalue weighted by Gasteiger charge is 2.23. The summed E-state index contributed by atoms with van der Waals surface area (Å²) in [5.41, 5.74) is 3.76. The van der Waals surface area contributed by atoms with Crippen LogP contribution in [-0.4, -0.2) is 43.6 Å². The van der Waals surface area contributed by atoms with Gasteiger partial charge < -0.3 is 9.88 Å². The van der Waals surface area contributed by atoms with Crippen LogP contribution in [-0.2, 0) is 17.8 Å². The Labute approximate surface area is 186 Å². The zero-order chi connectivity index (χ0) is 21.8. The van der Waals surface area contributed by atoms with E-state index in [2.05, 4.69) is 21.1 Å². The summed E-state index contributed by atoms with van der Waals surface area (Å²) in [6.07, 6.45) is 3.99. The number of hydrogen-bond acceptors (Lipinski definition) is 5. The van der Waals surface area contributed by atoms with Gasteiger partial charge in [-0.2, -0.15) is 16.4 Å². The molecule has 0 aliphatic carbocycles. The van der Waals surface area contributed by atoms with Crippen molar-refractivity contribution in [2.45, 2.75) is 52.5 Å². The van der Waals surface area contributed by atoms with Crippen LogP contribution in [0.2, 0.25) is 0 Å². The maximum atomic E-state index is 12.6. The van der Waals surface area contributed by atoms with Crippen LogP contribution in [0.3, 0.4) is 0 Å². The molecule has 0 aromatic carbocycles. The topological polar surface area (TPSA) is 83.9 Å². The predicted octanol–water partition coefficient (Wildman–Crippen LogP) is 3.57. The van der Waals surface area contributed by atoms with E-state index in [1.54, 1.807) is 17.4 Å². The summed E-state index contributed by atoms with van der Waals surface area (Å²) in [4.78, 5) is 34.2. The third kappa shape index (κ3) is 5.50. The summed E-state index contributed by atoms with van der Waals surface area (Å²) in [7, 11) is 0. The molecule has 0 radical (unpaired) electrons. The number of nitrogens with one attached hydrogen (secondary N) is 1. The Kier molecular flexibility index (Phi) is 6.65. The first kappa shape index (κ1) is 21.5. The zero-order valence-corrected chi connectivity index (χ0v) is 19.0.